The molecule has 0 aliphatic rings. The first-order chi connectivity index (χ1) is 8.60. The lowest BCUT2D eigenvalue weighted by Crippen LogP contribution is -2.31. The monoisotopic (exact) mass is 247 g/mol. The Hall–Kier alpha value is -1.61. The van der Waals surface area contributed by atoms with E-state index < -0.39 is 0 Å². The van der Waals surface area contributed by atoms with Crippen LogP contribution in [0.25, 0.3) is 0 Å². The molecular formula is C15H21NO2. The Balaban J connectivity index is 2.80. The van der Waals surface area contributed by atoms with Crippen LogP contribution in [-0.2, 0) is 4.79 Å². The zero-order valence-electron chi connectivity index (χ0n) is 11.2. The molecule has 0 radical (unpaired) electrons. The Morgan fingerprint density at radius 3 is 2.39 bits per heavy atom. The Morgan fingerprint density at radius 2 is 1.89 bits per heavy atom. The molecule has 0 aliphatic carbocycles. The van der Waals surface area contributed by atoms with Crippen molar-refractivity contribution in [1.29, 1.82) is 0 Å². The molecule has 0 bridgehead atoms. The second kappa shape index (κ2) is 6.97. The maximum atomic E-state index is 12.0. The highest BCUT2D eigenvalue weighted by Gasteiger charge is 2.15. The molecule has 1 amide bonds. The first-order valence-electron chi connectivity index (χ1n) is 6.23. The number of nitrogens with one attached hydrogen (secondary N) is 1. The zero-order valence-corrected chi connectivity index (χ0v) is 11.2. The minimum atomic E-state index is -0.349. The number of aliphatic hydroxyl groups excluding tert-OH is 1. The van der Waals surface area contributed by atoms with E-state index in [9.17, 15) is 9.90 Å². The van der Waals surface area contributed by atoms with Gasteiger partial charge in [0.1, 0.15) is 0 Å². The van der Waals surface area contributed by atoms with Crippen LogP contribution in [0.5, 0.6) is 0 Å². The Labute approximate surface area is 109 Å². The number of benzene rings is 1. The summed E-state index contributed by atoms with van der Waals surface area (Å²) in [6, 6.07) is 9.14. The van der Waals surface area contributed by atoms with Gasteiger partial charge in [-0.2, -0.15) is 0 Å². The third-order valence-electron chi connectivity index (χ3n) is 3.20. The molecule has 0 fully saturated rings. The number of carbonyl (C=O) groups excluding carboxylic acids is 1. The molecule has 1 aromatic rings. The number of rotatable bonds is 5. The summed E-state index contributed by atoms with van der Waals surface area (Å²) in [5.74, 6) is -0.114. The number of hydrogen-bond donors (Lipinski definition) is 2. The van der Waals surface area contributed by atoms with E-state index >= 15 is 0 Å². The van der Waals surface area contributed by atoms with Crippen LogP contribution in [0, 0.1) is 0 Å². The third kappa shape index (κ3) is 3.70. The SMILES string of the molecule is CC/C(C)=C(/C)C(=O)NC(CO)c1ccccc1. The van der Waals surface area contributed by atoms with Crippen LogP contribution in [0.15, 0.2) is 41.5 Å². The van der Waals surface area contributed by atoms with Crippen molar-refractivity contribution in [3.63, 3.8) is 0 Å². The van der Waals surface area contributed by atoms with Gasteiger partial charge in [0.15, 0.2) is 0 Å². The molecule has 1 unspecified atom stereocenters. The maximum Gasteiger partial charge on any atom is 0.247 e. The second-order valence-electron chi connectivity index (χ2n) is 4.38. The number of amides is 1. The lowest BCUT2D eigenvalue weighted by Gasteiger charge is -2.17. The Kier molecular flexibility index (Phi) is 5.59. The molecule has 18 heavy (non-hydrogen) atoms. The van der Waals surface area contributed by atoms with Gasteiger partial charge in [0.2, 0.25) is 5.91 Å². The average molecular weight is 247 g/mol. The summed E-state index contributed by atoms with van der Waals surface area (Å²) < 4.78 is 0. The molecule has 1 atom stereocenters. The van der Waals surface area contributed by atoms with E-state index in [1.807, 2.05) is 51.1 Å². The molecule has 0 aromatic heterocycles. The second-order valence-corrected chi connectivity index (χ2v) is 4.38. The molecule has 0 saturated carbocycles. The fourth-order valence-electron chi connectivity index (χ4n) is 1.65. The highest BCUT2D eigenvalue weighted by molar-refractivity contribution is 5.93. The largest absolute Gasteiger partial charge is 0.394 e. The highest BCUT2D eigenvalue weighted by Crippen LogP contribution is 2.14. The van der Waals surface area contributed by atoms with Crippen molar-refractivity contribution in [2.24, 2.45) is 0 Å². The summed E-state index contributed by atoms with van der Waals surface area (Å²) in [5, 5.41) is 12.2. The molecular weight excluding hydrogens is 226 g/mol. The van der Waals surface area contributed by atoms with E-state index in [0.29, 0.717) is 0 Å². The van der Waals surface area contributed by atoms with Crippen LogP contribution in [0.4, 0.5) is 0 Å². The fourth-order valence-corrected chi connectivity index (χ4v) is 1.65. The number of carbonyl (C=O) groups is 1. The lowest BCUT2D eigenvalue weighted by molar-refractivity contribution is -0.118. The first-order valence-corrected chi connectivity index (χ1v) is 6.23. The molecule has 1 aromatic carbocycles. The predicted molar refractivity (Wildman–Crippen MR) is 73.1 cm³/mol. The van der Waals surface area contributed by atoms with Crippen LogP contribution in [0.1, 0.15) is 38.8 Å². The Bertz CT molecular complexity index is 423. The highest BCUT2D eigenvalue weighted by atomic mass is 16.3. The topological polar surface area (TPSA) is 49.3 Å². The van der Waals surface area contributed by atoms with Gasteiger partial charge in [-0.3, -0.25) is 4.79 Å². The summed E-state index contributed by atoms with van der Waals surface area (Å²) in [6.45, 7) is 5.68. The quantitative estimate of drug-likeness (QED) is 0.786. The molecule has 0 spiro atoms. The van der Waals surface area contributed by atoms with Crippen molar-refractivity contribution < 1.29 is 9.90 Å². The van der Waals surface area contributed by atoms with E-state index in [1.54, 1.807) is 0 Å². The third-order valence-corrected chi connectivity index (χ3v) is 3.20. The van der Waals surface area contributed by atoms with E-state index in [0.717, 1.165) is 23.1 Å². The standard InChI is InChI=1S/C15H21NO2/c1-4-11(2)12(3)15(18)16-14(10-17)13-8-6-5-7-9-13/h5-9,14,17H,4,10H2,1-3H3,(H,16,18)/b12-11-. The van der Waals surface area contributed by atoms with Crippen molar-refractivity contribution in [3.8, 4) is 0 Å². The molecule has 3 nitrogen and oxygen atoms in total. The first kappa shape index (κ1) is 14.5. The van der Waals surface area contributed by atoms with E-state index in [-0.39, 0.29) is 18.6 Å². The van der Waals surface area contributed by atoms with Gasteiger partial charge in [-0.05, 0) is 25.8 Å². The molecule has 0 saturated heterocycles. The van der Waals surface area contributed by atoms with Gasteiger partial charge in [0.05, 0.1) is 12.6 Å². The van der Waals surface area contributed by atoms with Gasteiger partial charge in [0.25, 0.3) is 0 Å². The van der Waals surface area contributed by atoms with Crippen LogP contribution in [0.3, 0.4) is 0 Å². The lowest BCUT2D eigenvalue weighted by atomic mass is 10.1. The molecule has 98 valence electrons. The van der Waals surface area contributed by atoms with Gasteiger partial charge in [-0.25, -0.2) is 0 Å². The summed E-state index contributed by atoms with van der Waals surface area (Å²) in [7, 11) is 0. The summed E-state index contributed by atoms with van der Waals surface area (Å²) >= 11 is 0. The minimum absolute atomic E-state index is 0.103. The Morgan fingerprint density at radius 1 is 1.28 bits per heavy atom. The van der Waals surface area contributed by atoms with E-state index in [4.69, 9.17) is 0 Å². The van der Waals surface area contributed by atoms with Crippen molar-refractivity contribution in [3.05, 3.63) is 47.0 Å². The molecule has 3 heteroatoms. The van der Waals surface area contributed by atoms with Gasteiger partial charge >= 0.3 is 0 Å². The smallest absolute Gasteiger partial charge is 0.247 e. The van der Waals surface area contributed by atoms with Gasteiger partial charge in [0, 0.05) is 5.57 Å². The molecule has 2 N–H and O–H groups in total. The van der Waals surface area contributed by atoms with Crippen molar-refractivity contribution in [1.82, 2.24) is 5.32 Å². The minimum Gasteiger partial charge on any atom is -0.394 e. The van der Waals surface area contributed by atoms with E-state index in [2.05, 4.69) is 5.32 Å². The number of hydrogen-bond acceptors (Lipinski definition) is 2. The van der Waals surface area contributed by atoms with Crippen LogP contribution >= 0.6 is 0 Å². The molecule has 0 aliphatic heterocycles. The van der Waals surface area contributed by atoms with Crippen molar-refractivity contribution in [2.45, 2.75) is 33.2 Å². The van der Waals surface area contributed by atoms with Gasteiger partial charge in [-0.1, -0.05) is 42.8 Å². The fraction of sp³-hybridized carbons (Fsp3) is 0.400. The average Bonchev–Trinajstić information content (AvgIpc) is 2.43. The normalized spacial score (nSPS) is 13.8. The van der Waals surface area contributed by atoms with Crippen LogP contribution in [0.2, 0.25) is 0 Å². The molecule has 0 heterocycles. The summed E-state index contributed by atoms with van der Waals surface area (Å²) in [6.07, 6.45) is 0.856. The molecule has 1 rings (SSSR count). The van der Waals surface area contributed by atoms with Crippen molar-refractivity contribution in [2.75, 3.05) is 6.61 Å². The maximum absolute atomic E-state index is 12.0. The van der Waals surface area contributed by atoms with Crippen molar-refractivity contribution >= 4 is 5.91 Å². The predicted octanol–water partition coefficient (Wildman–Crippen LogP) is 2.58. The summed E-state index contributed by atoms with van der Waals surface area (Å²) in [4.78, 5) is 12.0. The zero-order chi connectivity index (χ0) is 13.5. The van der Waals surface area contributed by atoms with Crippen LogP contribution < -0.4 is 5.32 Å². The number of allylic oxidation sites excluding steroid dienone is 1. The summed E-state index contributed by atoms with van der Waals surface area (Å²) in [5.41, 5.74) is 2.71. The van der Waals surface area contributed by atoms with Crippen LogP contribution in [-0.4, -0.2) is 17.6 Å². The van der Waals surface area contributed by atoms with Gasteiger partial charge in [-0.15, -0.1) is 0 Å². The van der Waals surface area contributed by atoms with Gasteiger partial charge < -0.3 is 10.4 Å². The number of aliphatic hydroxyl groups is 1. The van der Waals surface area contributed by atoms with E-state index in [1.165, 1.54) is 0 Å².